The molecule has 7 heteroatoms. The molecule has 0 saturated heterocycles. The Morgan fingerprint density at radius 3 is 2.74 bits per heavy atom. The molecule has 0 atom stereocenters. The van der Waals surface area contributed by atoms with Crippen molar-refractivity contribution in [2.45, 2.75) is 13.0 Å². The summed E-state index contributed by atoms with van der Waals surface area (Å²) in [6.07, 6.45) is 4.10. The molecule has 0 fully saturated rings. The first kappa shape index (κ1) is 15.9. The number of rotatable bonds is 4. The van der Waals surface area contributed by atoms with Crippen LogP contribution in [0.4, 0.5) is 0 Å². The van der Waals surface area contributed by atoms with Crippen LogP contribution in [-0.4, -0.2) is 24.1 Å². The zero-order chi connectivity index (χ0) is 18.2. The highest BCUT2D eigenvalue weighted by Crippen LogP contribution is 2.25. The van der Waals surface area contributed by atoms with Crippen molar-refractivity contribution in [1.82, 2.24) is 24.1 Å². The Labute approximate surface area is 158 Å². The predicted molar refractivity (Wildman–Crippen MR) is 106 cm³/mol. The largest absolute Gasteiger partial charge is 0.314 e. The summed E-state index contributed by atoms with van der Waals surface area (Å²) in [6, 6.07) is 15.8. The maximum atomic E-state index is 13.3. The van der Waals surface area contributed by atoms with Crippen molar-refractivity contribution >= 4 is 28.0 Å². The lowest BCUT2D eigenvalue weighted by molar-refractivity contribution is 0.679. The topological polar surface area (TPSA) is 65.1 Å². The van der Waals surface area contributed by atoms with Gasteiger partial charge in [0.15, 0.2) is 0 Å². The van der Waals surface area contributed by atoms with Gasteiger partial charge in [-0.15, -0.1) is 11.3 Å². The van der Waals surface area contributed by atoms with Crippen molar-refractivity contribution in [1.29, 1.82) is 0 Å². The van der Waals surface area contributed by atoms with E-state index >= 15 is 0 Å². The van der Waals surface area contributed by atoms with Crippen molar-refractivity contribution < 1.29 is 0 Å². The number of aryl methyl sites for hydroxylation is 2. The zero-order valence-corrected chi connectivity index (χ0v) is 15.1. The molecule has 1 aromatic carbocycles. The summed E-state index contributed by atoms with van der Waals surface area (Å²) < 4.78 is 3.39. The Morgan fingerprint density at radius 2 is 1.93 bits per heavy atom. The van der Waals surface area contributed by atoms with Crippen LogP contribution in [0.15, 0.2) is 71.2 Å². The van der Waals surface area contributed by atoms with Gasteiger partial charge < -0.3 is 4.57 Å². The first-order valence-corrected chi connectivity index (χ1v) is 9.50. The highest BCUT2D eigenvalue weighted by molar-refractivity contribution is 7.09. The highest BCUT2D eigenvalue weighted by Gasteiger charge is 2.16. The lowest BCUT2D eigenvalue weighted by atomic mass is 10.1. The fraction of sp³-hybridized carbons (Fsp3) is 0.100. The summed E-state index contributed by atoms with van der Waals surface area (Å²) in [6.45, 7) is 0.624. The van der Waals surface area contributed by atoms with Gasteiger partial charge in [-0.25, -0.2) is 4.98 Å². The van der Waals surface area contributed by atoms with Crippen LogP contribution in [0.1, 0.15) is 4.88 Å². The van der Waals surface area contributed by atoms with Crippen LogP contribution in [0.3, 0.4) is 0 Å². The average molecular weight is 373 g/mol. The van der Waals surface area contributed by atoms with Crippen molar-refractivity contribution in [2.24, 2.45) is 0 Å². The van der Waals surface area contributed by atoms with Crippen molar-refractivity contribution in [3.05, 3.63) is 81.7 Å². The molecule has 4 aromatic heterocycles. The van der Waals surface area contributed by atoms with E-state index in [1.807, 2.05) is 48.7 Å². The molecule has 0 bridgehead atoms. The third-order valence-electron chi connectivity index (χ3n) is 4.57. The van der Waals surface area contributed by atoms with Gasteiger partial charge in [0.25, 0.3) is 11.3 Å². The van der Waals surface area contributed by atoms with Crippen LogP contribution in [0.2, 0.25) is 0 Å². The molecule has 0 spiro atoms. The van der Waals surface area contributed by atoms with Gasteiger partial charge in [0.2, 0.25) is 0 Å². The molecule has 0 saturated carbocycles. The van der Waals surface area contributed by atoms with Gasteiger partial charge in [-0.3, -0.25) is 4.79 Å². The summed E-state index contributed by atoms with van der Waals surface area (Å²) >= 11 is 1.70. The molecule has 132 valence electrons. The molecule has 0 aliphatic rings. The number of pyridine rings is 1. The maximum absolute atomic E-state index is 13.3. The van der Waals surface area contributed by atoms with Crippen molar-refractivity contribution in [3.8, 4) is 11.3 Å². The van der Waals surface area contributed by atoms with Crippen LogP contribution in [0, 0.1) is 0 Å². The smallest absolute Gasteiger partial charge is 0.262 e. The lowest BCUT2D eigenvalue weighted by Gasteiger charge is -2.11. The van der Waals surface area contributed by atoms with Crippen LogP contribution >= 0.6 is 11.3 Å². The molecular weight excluding hydrogens is 358 g/mol. The second-order valence-electron chi connectivity index (χ2n) is 6.20. The Kier molecular flexibility index (Phi) is 3.79. The van der Waals surface area contributed by atoms with Crippen molar-refractivity contribution in [2.75, 3.05) is 0 Å². The van der Waals surface area contributed by atoms with Crippen molar-refractivity contribution in [3.63, 3.8) is 0 Å². The number of thiophene rings is 1. The average Bonchev–Trinajstić information content (AvgIpc) is 3.38. The Morgan fingerprint density at radius 1 is 1.04 bits per heavy atom. The number of hydrogen-bond donors (Lipinski definition) is 0. The quantitative estimate of drug-likeness (QED) is 0.484. The van der Waals surface area contributed by atoms with E-state index in [0.29, 0.717) is 23.2 Å². The summed E-state index contributed by atoms with van der Waals surface area (Å²) in [5.74, 6) is 0.483. The van der Waals surface area contributed by atoms with E-state index in [0.717, 1.165) is 17.7 Å². The van der Waals surface area contributed by atoms with E-state index in [1.165, 1.54) is 11.2 Å². The normalized spacial score (nSPS) is 11.4. The van der Waals surface area contributed by atoms with Crippen LogP contribution in [-0.2, 0) is 13.0 Å². The zero-order valence-electron chi connectivity index (χ0n) is 14.3. The van der Waals surface area contributed by atoms with Gasteiger partial charge in [0.1, 0.15) is 6.33 Å². The highest BCUT2D eigenvalue weighted by atomic mass is 32.1. The number of benzene rings is 1. The second-order valence-corrected chi connectivity index (χ2v) is 7.23. The van der Waals surface area contributed by atoms with Crippen LogP contribution in [0.5, 0.6) is 0 Å². The third kappa shape index (κ3) is 2.72. The summed E-state index contributed by atoms with van der Waals surface area (Å²) in [7, 11) is 0. The molecule has 0 N–H and O–H groups in total. The van der Waals surface area contributed by atoms with Gasteiger partial charge in [0.05, 0.1) is 16.6 Å². The van der Waals surface area contributed by atoms with E-state index in [4.69, 9.17) is 0 Å². The van der Waals surface area contributed by atoms with Crippen LogP contribution in [0.25, 0.3) is 27.9 Å². The number of aromatic nitrogens is 5. The number of nitrogens with zero attached hydrogens (tertiary/aromatic N) is 5. The van der Waals surface area contributed by atoms with Gasteiger partial charge in [0, 0.05) is 23.2 Å². The van der Waals surface area contributed by atoms with E-state index in [2.05, 4.69) is 26.5 Å². The summed E-state index contributed by atoms with van der Waals surface area (Å²) in [5.41, 5.74) is 2.21. The standard InChI is InChI=1S/C20H15N5OS/c26-19-17-16(9-11-24(19)10-8-15-7-4-12-27-15)23-20-21-13-22-25(20)18(17)14-5-2-1-3-6-14/h1-7,9,11-13H,8,10H2. The number of hydrogen-bond acceptors (Lipinski definition) is 5. The van der Waals surface area contributed by atoms with Crippen LogP contribution < -0.4 is 5.56 Å². The van der Waals surface area contributed by atoms with Gasteiger partial charge >= 0.3 is 0 Å². The maximum Gasteiger partial charge on any atom is 0.262 e. The molecule has 0 aliphatic carbocycles. The first-order valence-electron chi connectivity index (χ1n) is 8.62. The van der Waals surface area contributed by atoms with Gasteiger partial charge in [-0.05, 0) is 23.9 Å². The Bertz CT molecular complexity index is 1290. The molecule has 0 radical (unpaired) electrons. The summed E-state index contributed by atoms with van der Waals surface area (Å²) in [4.78, 5) is 23.3. The van der Waals surface area contributed by atoms with E-state index in [1.54, 1.807) is 20.4 Å². The SMILES string of the molecule is O=c1c2c(-c3ccccc3)n3ncnc3nc2ccn1CCc1cccs1. The fourth-order valence-electron chi connectivity index (χ4n) is 3.29. The molecule has 5 rings (SSSR count). The molecule has 0 aliphatic heterocycles. The number of fused-ring (bicyclic) bond motifs is 2. The van der Waals surface area contributed by atoms with E-state index in [9.17, 15) is 4.79 Å². The minimum absolute atomic E-state index is 0.0622. The molecule has 0 unspecified atom stereocenters. The minimum Gasteiger partial charge on any atom is -0.314 e. The minimum atomic E-state index is -0.0622. The molecule has 6 nitrogen and oxygen atoms in total. The summed E-state index contributed by atoms with van der Waals surface area (Å²) in [5, 5.41) is 6.91. The molecule has 5 aromatic rings. The monoisotopic (exact) mass is 373 g/mol. The fourth-order valence-corrected chi connectivity index (χ4v) is 3.99. The second kappa shape index (κ2) is 6.44. The van der Waals surface area contributed by atoms with E-state index < -0.39 is 0 Å². The first-order chi connectivity index (χ1) is 13.3. The van der Waals surface area contributed by atoms with E-state index in [-0.39, 0.29) is 5.56 Å². The molecule has 4 heterocycles. The predicted octanol–water partition coefficient (Wildman–Crippen LogP) is 3.41. The molecule has 27 heavy (non-hydrogen) atoms. The Balaban J connectivity index is 1.74. The van der Waals surface area contributed by atoms with Gasteiger partial charge in [-0.2, -0.15) is 14.6 Å². The Hall–Kier alpha value is -3.32. The molecule has 0 amide bonds. The lowest BCUT2D eigenvalue weighted by Crippen LogP contribution is -2.22. The third-order valence-corrected chi connectivity index (χ3v) is 5.50. The molecular formula is C20H15N5OS. The van der Waals surface area contributed by atoms with Gasteiger partial charge in [-0.1, -0.05) is 36.4 Å².